The molecule has 4 rings (SSSR count). The maximum absolute atomic E-state index is 13.2. The third-order valence-electron chi connectivity index (χ3n) is 6.98. The summed E-state index contributed by atoms with van der Waals surface area (Å²) in [5, 5.41) is 3.22. The number of halogens is 1. The van der Waals surface area contributed by atoms with Gasteiger partial charge in [-0.1, -0.05) is 55.3 Å². The Morgan fingerprint density at radius 2 is 1.81 bits per heavy atom. The Hall–Kier alpha value is -2.40. The van der Waals surface area contributed by atoms with Gasteiger partial charge in [-0.15, -0.1) is 0 Å². The van der Waals surface area contributed by atoms with Gasteiger partial charge in [-0.25, -0.2) is 9.18 Å². The molecule has 2 unspecified atom stereocenters. The molecule has 0 bridgehead atoms. The van der Waals surface area contributed by atoms with Crippen LogP contribution in [-0.2, 0) is 17.8 Å². The lowest BCUT2D eigenvalue weighted by Crippen LogP contribution is -2.57. The van der Waals surface area contributed by atoms with Crippen molar-refractivity contribution in [3.63, 3.8) is 0 Å². The fourth-order valence-corrected chi connectivity index (χ4v) is 5.31. The summed E-state index contributed by atoms with van der Waals surface area (Å²) in [5.41, 5.74) is 2.30. The molecule has 1 N–H and O–H groups in total. The van der Waals surface area contributed by atoms with Crippen molar-refractivity contribution in [2.24, 2.45) is 5.41 Å². The lowest BCUT2D eigenvalue weighted by atomic mass is 9.66. The molecule has 2 atom stereocenters. The number of amides is 1. The van der Waals surface area contributed by atoms with Gasteiger partial charge in [0.15, 0.2) is 0 Å². The van der Waals surface area contributed by atoms with Gasteiger partial charge in [-0.3, -0.25) is 0 Å². The number of hydrogen-bond acceptors (Lipinski definition) is 3. The molecule has 166 valence electrons. The van der Waals surface area contributed by atoms with Crippen LogP contribution in [0.15, 0.2) is 54.6 Å². The van der Waals surface area contributed by atoms with E-state index in [1.54, 1.807) is 0 Å². The van der Waals surface area contributed by atoms with E-state index >= 15 is 0 Å². The van der Waals surface area contributed by atoms with Crippen molar-refractivity contribution >= 4 is 6.09 Å². The number of rotatable bonds is 6. The average Bonchev–Trinajstić information content (AvgIpc) is 2.80. The highest BCUT2D eigenvalue weighted by molar-refractivity contribution is 5.67. The van der Waals surface area contributed by atoms with Crippen LogP contribution in [0.25, 0.3) is 0 Å². The van der Waals surface area contributed by atoms with Crippen molar-refractivity contribution in [2.45, 2.75) is 57.6 Å². The number of carbonyl (C=O) groups excluding carboxylic acids is 1. The van der Waals surface area contributed by atoms with Crippen LogP contribution in [0, 0.1) is 11.2 Å². The van der Waals surface area contributed by atoms with Gasteiger partial charge in [-0.05, 0) is 61.9 Å². The topological polar surface area (TPSA) is 41.6 Å². The van der Waals surface area contributed by atoms with Crippen LogP contribution in [0.4, 0.5) is 9.18 Å². The SMILES string of the molecule is O=C(NC1CCCCC12CCCN(CCc1ccc(F)cc1)C2)OCc1ccccc1. The first kappa shape index (κ1) is 21.8. The zero-order chi connectivity index (χ0) is 21.5. The number of benzene rings is 2. The van der Waals surface area contributed by atoms with Crippen molar-refractivity contribution in [1.82, 2.24) is 10.2 Å². The van der Waals surface area contributed by atoms with E-state index < -0.39 is 0 Å². The summed E-state index contributed by atoms with van der Waals surface area (Å²) >= 11 is 0. The highest BCUT2D eigenvalue weighted by Gasteiger charge is 2.44. The van der Waals surface area contributed by atoms with E-state index in [1.165, 1.54) is 24.1 Å². The third-order valence-corrected chi connectivity index (χ3v) is 6.98. The summed E-state index contributed by atoms with van der Waals surface area (Å²) in [6, 6.07) is 16.8. The van der Waals surface area contributed by atoms with E-state index in [1.807, 2.05) is 42.5 Å². The molecule has 1 heterocycles. The van der Waals surface area contributed by atoms with Gasteiger partial charge in [0, 0.05) is 24.5 Å². The van der Waals surface area contributed by atoms with Crippen molar-refractivity contribution in [2.75, 3.05) is 19.6 Å². The van der Waals surface area contributed by atoms with Crippen molar-refractivity contribution in [3.05, 3.63) is 71.5 Å². The number of alkyl carbamates (subject to hydrolysis) is 1. The predicted molar refractivity (Wildman–Crippen MR) is 120 cm³/mol. The van der Waals surface area contributed by atoms with Gasteiger partial charge >= 0.3 is 6.09 Å². The Morgan fingerprint density at radius 3 is 2.61 bits per heavy atom. The van der Waals surface area contributed by atoms with Crippen molar-refractivity contribution in [3.8, 4) is 0 Å². The first-order chi connectivity index (χ1) is 15.1. The van der Waals surface area contributed by atoms with E-state index in [4.69, 9.17) is 4.74 Å². The lowest BCUT2D eigenvalue weighted by molar-refractivity contribution is 0.0209. The quantitative estimate of drug-likeness (QED) is 0.682. The Bertz CT molecular complexity index is 838. The second kappa shape index (κ2) is 10.3. The minimum atomic E-state index is -0.307. The summed E-state index contributed by atoms with van der Waals surface area (Å²) in [4.78, 5) is 15.1. The molecule has 1 spiro atoms. The molecule has 1 amide bonds. The standard InChI is InChI=1S/C26H33FN2O2/c27-23-12-10-21(11-13-23)14-18-29-17-6-16-26(20-29)15-5-4-9-24(26)28-25(30)31-19-22-7-2-1-3-8-22/h1-3,7-8,10-13,24H,4-6,9,14-20H2,(H,28,30). The smallest absolute Gasteiger partial charge is 0.407 e. The number of carbonyl (C=O) groups is 1. The van der Waals surface area contributed by atoms with Crippen LogP contribution in [0.5, 0.6) is 0 Å². The molecule has 0 aromatic heterocycles. The van der Waals surface area contributed by atoms with E-state index in [0.29, 0.717) is 6.61 Å². The van der Waals surface area contributed by atoms with E-state index in [0.717, 1.165) is 63.7 Å². The van der Waals surface area contributed by atoms with Crippen LogP contribution in [-0.4, -0.2) is 36.7 Å². The first-order valence-electron chi connectivity index (χ1n) is 11.6. The molecule has 2 aromatic rings. The summed E-state index contributed by atoms with van der Waals surface area (Å²) < 4.78 is 18.7. The predicted octanol–water partition coefficient (Wildman–Crippen LogP) is 5.32. The molecule has 1 saturated carbocycles. The zero-order valence-corrected chi connectivity index (χ0v) is 18.2. The Balaban J connectivity index is 1.33. The largest absolute Gasteiger partial charge is 0.445 e. The summed E-state index contributed by atoms with van der Waals surface area (Å²) in [5.74, 6) is -0.184. The van der Waals surface area contributed by atoms with Crippen LogP contribution in [0.3, 0.4) is 0 Å². The number of ether oxygens (including phenoxy) is 1. The molecule has 1 aliphatic heterocycles. The highest BCUT2D eigenvalue weighted by atomic mass is 19.1. The maximum Gasteiger partial charge on any atom is 0.407 e. The Kier molecular flexibility index (Phi) is 7.23. The minimum Gasteiger partial charge on any atom is -0.445 e. The van der Waals surface area contributed by atoms with Gasteiger partial charge < -0.3 is 15.0 Å². The maximum atomic E-state index is 13.2. The highest BCUT2D eigenvalue weighted by Crippen LogP contribution is 2.43. The first-order valence-corrected chi connectivity index (χ1v) is 11.6. The van der Waals surface area contributed by atoms with Gasteiger partial charge in [0.1, 0.15) is 12.4 Å². The van der Waals surface area contributed by atoms with Gasteiger partial charge in [0.05, 0.1) is 0 Å². The number of likely N-dealkylation sites (tertiary alicyclic amines) is 1. The lowest BCUT2D eigenvalue weighted by Gasteiger charge is -2.50. The molecule has 31 heavy (non-hydrogen) atoms. The average molecular weight is 425 g/mol. The number of hydrogen-bond donors (Lipinski definition) is 1. The normalized spacial score (nSPS) is 24.1. The van der Waals surface area contributed by atoms with Crippen LogP contribution < -0.4 is 5.32 Å². The zero-order valence-electron chi connectivity index (χ0n) is 18.2. The molecule has 5 heteroatoms. The Labute approximate surface area is 184 Å². The number of piperidine rings is 1. The molecule has 0 radical (unpaired) electrons. The minimum absolute atomic E-state index is 0.130. The molecular formula is C26H33FN2O2. The molecule has 1 aliphatic carbocycles. The summed E-state index contributed by atoms with van der Waals surface area (Å²) in [6.07, 6.45) is 7.48. The van der Waals surface area contributed by atoms with E-state index in [2.05, 4.69) is 10.2 Å². The van der Waals surface area contributed by atoms with Crippen LogP contribution in [0.1, 0.15) is 49.7 Å². The van der Waals surface area contributed by atoms with Gasteiger partial charge in [-0.2, -0.15) is 0 Å². The second-order valence-electron chi connectivity index (χ2n) is 9.12. The fraction of sp³-hybridized carbons (Fsp3) is 0.500. The van der Waals surface area contributed by atoms with E-state index in [-0.39, 0.29) is 23.4 Å². The van der Waals surface area contributed by atoms with Crippen LogP contribution >= 0.6 is 0 Å². The summed E-state index contributed by atoms with van der Waals surface area (Å²) in [6.45, 7) is 3.38. The van der Waals surface area contributed by atoms with Crippen molar-refractivity contribution in [1.29, 1.82) is 0 Å². The van der Waals surface area contributed by atoms with Crippen molar-refractivity contribution < 1.29 is 13.9 Å². The molecule has 2 aliphatic rings. The molecule has 2 fully saturated rings. The monoisotopic (exact) mass is 424 g/mol. The van der Waals surface area contributed by atoms with E-state index in [9.17, 15) is 9.18 Å². The number of nitrogens with zero attached hydrogens (tertiary/aromatic N) is 1. The number of nitrogens with one attached hydrogen (secondary N) is 1. The molecular weight excluding hydrogens is 391 g/mol. The molecule has 1 saturated heterocycles. The van der Waals surface area contributed by atoms with Gasteiger partial charge in [0.25, 0.3) is 0 Å². The molecule has 2 aromatic carbocycles. The van der Waals surface area contributed by atoms with Crippen LogP contribution in [0.2, 0.25) is 0 Å². The summed E-state index contributed by atoms with van der Waals surface area (Å²) in [7, 11) is 0. The third kappa shape index (κ3) is 5.85. The fourth-order valence-electron chi connectivity index (χ4n) is 5.31. The molecule has 4 nitrogen and oxygen atoms in total. The van der Waals surface area contributed by atoms with Gasteiger partial charge in [0.2, 0.25) is 0 Å². The Morgan fingerprint density at radius 1 is 1.03 bits per heavy atom. The second-order valence-corrected chi connectivity index (χ2v) is 9.12.